The Morgan fingerprint density at radius 2 is 1.82 bits per heavy atom. The Morgan fingerprint density at radius 1 is 1.12 bits per heavy atom. The van der Waals surface area contributed by atoms with E-state index in [0.29, 0.717) is 36.2 Å². The highest BCUT2D eigenvalue weighted by Gasteiger charge is 2.48. The number of aromatic nitrogens is 2. The van der Waals surface area contributed by atoms with Crippen LogP contribution in [0.1, 0.15) is 38.2 Å². The molecule has 1 amide bonds. The van der Waals surface area contributed by atoms with Gasteiger partial charge in [-0.3, -0.25) is 9.69 Å². The molecule has 1 aromatic heterocycles. The molecule has 33 heavy (non-hydrogen) atoms. The second kappa shape index (κ2) is 8.74. The molecule has 9 heteroatoms. The average Bonchev–Trinajstić information content (AvgIpc) is 3.06. The minimum Gasteiger partial charge on any atom is -0.489 e. The van der Waals surface area contributed by atoms with Gasteiger partial charge < -0.3 is 20.1 Å². The number of fused-ring (bicyclic) bond motifs is 2. The van der Waals surface area contributed by atoms with Crippen LogP contribution in [-0.2, 0) is 10.2 Å². The van der Waals surface area contributed by atoms with Crippen LogP contribution >= 0.6 is 11.6 Å². The van der Waals surface area contributed by atoms with Crippen molar-refractivity contribution >= 4 is 29.1 Å². The summed E-state index contributed by atoms with van der Waals surface area (Å²) in [6.07, 6.45) is 6.39. The quantitative estimate of drug-likeness (QED) is 0.692. The smallest absolute Gasteiger partial charge is 0.235 e. The summed E-state index contributed by atoms with van der Waals surface area (Å²) in [7, 11) is 0. The van der Waals surface area contributed by atoms with Gasteiger partial charge in [-0.25, -0.2) is 9.97 Å². The second-order valence-corrected chi connectivity index (χ2v) is 10.1. The molecule has 8 nitrogen and oxygen atoms in total. The zero-order valence-corrected chi connectivity index (χ0v) is 19.6. The predicted octanol–water partition coefficient (Wildman–Crippen LogP) is 2.85. The first kappa shape index (κ1) is 22.4. The van der Waals surface area contributed by atoms with E-state index in [0.717, 1.165) is 56.8 Å². The molecule has 2 fully saturated rings. The summed E-state index contributed by atoms with van der Waals surface area (Å²) in [5.41, 5.74) is 0.861. The molecule has 1 spiro atoms. The molecule has 0 saturated carbocycles. The van der Waals surface area contributed by atoms with Crippen molar-refractivity contribution in [2.45, 2.75) is 43.6 Å². The van der Waals surface area contributed by atoms with Crippen molar-refractivity contribution in [3.63, 3.8) is 0 Å². The Labute approximate surface area is 198 Å². The van der Waals surface area contributed by atoms with Crippen molar-refractivity contribution in [2.75, 3.05) is 49.5 Å². The molecule has 3 aliphatic heterocycles. The highest BCUT2D eigenvalue weighted by atomic mass is 35.5. The third-order valence-electron chi connectivity index (χ3n) is 7.30. The molecule has 0 radical (unpaired) electrons. The van der Waals surface area contributed by atoms with E-state index in [9.17, 15) is 9.90 Å². The summed E-state index contributed by atoms with van der Waals surface area (Å²) < 4.78 is 5.87. The van der Waals surface area contributed by atoms with Crippen LogP contribution in [0.25, 0.3) is 0 Å². The number of ether oxygens (including phenoxy) is 1. The minimum atomic E-state index is -0.592. The molecule has 5 rings (SSSR count). The number of benzene rings is 1. The Hall–Kier alpha value is -2.42. The Balaban J connectivity index is 1.10. The average molecular weight is 472 g/mol. The van der Waals surface area contributed by atoms with Gasteiger partial charge in [0.2, 0.25) is 11.9 Å². The molecule has 0 atom stereocenters. The molecular weight excluding hydrogens is 442 g/mol. The zero-order valence-electron chi connectivity index (χ0n) is 18.9. The number of rotatable bonds is 5. The third-order valence-corrected chi connectivity index (χ3v) is 7.54. The van der Waals surface area contributed by atoms with E-state index >= 15 is 0 Å². The van der Waals surface area contributed by atoms with Gasteiger partial charge in [-0.05, 0) is 69.5 Å². The molecule has 0 unspecified atom stereocenters. The Bertz CT molecular complexity index is 1010. The molecule has 4 heterocycles. The number of carbonyl (C=O) groups excluding carboxylic acids is 1. The lowest BCUT2D eigenvalue weighted by Crippen LogP contribution is -2.47. The lowest BCUT2D eigenvalue weighted by Gasteiger charge is -2.38. The molecule has 2 aromatic rings. The first-order valence-electron chi connectivity index (χ1n) is 11.6. The highest BCUT2D eigenvalue weighted by Crippen LogP contribution is 2.45. The monoisotopic (exact) mass is 471 g/mol. The Morgan fingerprint density at radius 3 is 2.52 bits per heavy atom. The number of carbonyl (C=O) groups is 1. The maximum Gasteiger partial charge on any atom is 0.235 e. The van der Waals surface area contributed by atoms with Crippen LogP contribution in [0.15, 0.2) is 30.6 Å². The largest absolute Gasteiger partial charge is 0.489 e. The van der Waals surface area contributed by atoms with E-state index in [2.05, 4.69) is 25.1 Å². The number of anilines is 2. The topological polar surface area (TPSA) is 90.8 Å². The number of aliphatic hydroxyl groups is 1. The molecule has 0 bridgehead atoms. The fraction of sp³-hybridized carbons (Fsp3) is 0.542. The number of piperidine rings is 2. The fourth-order valence-electron chi connectivity index (χ4n) is 5.07. The Kier molecular flexibility index (Phi) is 5.93. The first-order chi connectivity index (χ1) is 15.8. The highest BCUT2D eigenvalue weighted by molar-refractivity contribution is 6.31. The van der Waals surface area contributed by atoms with Crippen molar-refractivity contribution in [1.82, 2.24) is 14.9 Å². The summed E-state index contributed by atoms with van der Waals surface area (Å²) in [4.78, 5) is 26.1. The number of amides is 1. The van der Waals surface area contributed by atoms with E-state index in [4.69, 9.17) is 16.3 Å². The summed E-state index contributed by atoms with van der Waals surface area (Å²) in [5, 5.41) is 13.8. The van der Waals surface area contributed by atoms with E-state index < -0.39 is 11.0 Å². The van der Waals surface area contributed by atoms with Gasteiger partial charge in [0.1, 0.15) is 6.61 Å². The minimum absolute atomic E-state index is 0.0882. The normalized spacial score (nSPS) is 21.7. The summed E-state index contributed by atoms with van der Waals surface area (Å²) in [5.74, 6) is 1.41. The van der Waals surface area contributed by atoms with Crippen LogP contribution < -0.4 is 15.0 Å². The SMILES string of the molecule is CC1(O)CCN(c2ncc(OCCN3CCC4(CC3)C(=O)Nc3ccc(Cl)cc34)cn2)CC1. The molecule has 1 aromatic carbocycles. The maximum absolute atomic E-state index is 12.8. The van der Waals surface area contributed by atoms with Crippen LogP contribution in [0.4, 0.5) is 11.6 Å². The van der Waals surface area contributed by atoms with Gasteiger partial charge in [-0.15, -0.1) is 0 Å². The number of halogens is 1. The first-order valence-corrected chi connectivity index (χ1v) is 12.0. The van der Waals surface area contributed by atoms with Crippen molar-refractivity contribution in [2.24, 2.45) is 0 Å². The van der Waals surface area contributed by atoms with Crippen molar-refractivity contribution in [3.05, 3.63) is 41.2 Å². The number of hydrogen-bond acceptors (Lipinski definition) is 7. The lowest BCUT2D eigenvalue weighted by atomic mass is 9.73. The van der Waals surface area contributed by atoms with Gasteiger partial charge in [-0.1, -0.05) is 11.6 Å². The van der Waals surface area contributed by atoms with Gasteiger partial charge >= 0.3 is 0 Å². The molecule has 2 N–H and O–H groups in total. The molecule has 0 aliphatic carbocycles. The van der Waals surface area contributed by atoms with Gasteiger partial charge in [0.05, 0.1) is 23.4 Å². The summed E-state index contributed by atoms with van der Waals surface area (Å²) in [6, 6.07) is 5.65. The van der Waals surface area contributed by atoms with Crippen molar-refractivity contribution in [3.8, 4) is 5.75 Å². The van der Waals surface area contributed by atoms with Crippen LogP contribution in [0.3, 0.4) is 0 Å². The van der Waals surface area contributed by atoms with Crippen LogP contribution in [0.5, 0.6) is 5.75 Å². The van der Waals surface area contributed by atoms with Gasteiger partial charge in [0, 0.05) is 30.3 Å². The van der Waals surface area contributed by atoms with E-state index in [1.165, 1.54) is 0 Å². The number of hydrogen-bond donors (Lipinski definition) is 2. The number of nitrogens with zero attached hydrogens (tertiary/aromatic N) is 4. The molecule has 176 valence electrons. The van der Waals surface area contributed by atoms with Gasteiger partial charge in [0.25, 0.3) is 0 Å². The fourth-order valence-corrected chi connectivity index (χ4v) is 5.24. The summed E-state index contributed by atoms with van der Waals surface area (Å²) in [6.45, 7) is 6.35. The second-order valence-electron chi connectivity index (χ2n) is 9.62. The van der Waals surface area contributed by atoms with Crippen LogP contribution in [-0.4, -0.2) is 70.8 Å². The molecular formula is C24H30ClN5O3. The third kappa shape index (κ3) is 4.52. The van der Waals surface area contributed by atoms with Crippen molar-refractivity contribution in [1.29, 1.82) is 0 Å². The lowest BCUT2D eigenvalue weighted by molar-refractivity contribution is -0.122. The van der Waals surface area contributed by atoms with Crippen LogP contribution in [0.2, 0.25) is 5.02 Å². The standard InChI is InChI=1S/C24H30ClN5O3/c1-23(32)4-10-30(11-5-23)22-26-15-18(16-27-22)33-13-12-29-8-6-24(7-9-29)19-14-17(25)2-3-20(19)28-21(24)31/h2-3,14-16,32H,4-13H2,1H3,(H,28,31). The van der Waals surface area contributed by atoms with Gasteiger partial charge in [-0.2, -0.15) is 0 Å². The van der Waals surface area contributed by atoms with E-state index in [-0.39, 0.29) is 5.91 Å². The summed E-state index contributed by atoms with van der Waals surface area (Å²) >= 11 is 6.21. The van der Waals surface area contributed by atoms with Crippen molar-refractivity contribution < 1.29 is 14.6 Å². The number of likely N-dealkylation sites (tertiary alicyclic amines) is 1. The molecule has 3 aliphatic rings. The van der Waals surface area contributed by atoms with E-state index in [1.54, 1.807) is 12.4 Å². The zero-order chi connectivity index (χ0) is 23.1. The van der Waals surface area contributed by atoms with E-state index in [1.807, 2.05) is 25.1 Å². The maximum atomic E-state index is 12.8. The molecule has 2 saturated heterocycles. The predicted molar refractivity (Wildman–Crippen MR) is 127 cm³/mol. The van der Waals surface area contributed by atoms with Crippen LogP contribution in [0, 0.1) is 0 Å². The number of nitrogens with one attached hydrogen (secondary N) is 1. The van der Waals surface area contributed by atoms with Gasteiger partial charge in [0.15, 0.2) is 5.75 Å².